The van der Waals surface area contributed by atoms with Crippen molar-refractivity contribution in [1.82, 2.24) is 14.6 Å². The van der Waals surface area contributed by atoms with Crippen molar-refractivity contribution in [3.8, 4) is 0 Å². The quantitative estimate of drug-likeness (QED) is 0.826. The van der Waals surface area contributed by atoms with Crippen LogP contribution in [0, 0.1) is 11.3 Å². The van der Waals surface area contributed by atoms with Crippen molar-refractivity contribution in [3.63, 3.8) is 0 Å². The van der Waals surface area contributed by atoms with Gasteiger partial charge >= 0.3 is 0 Å². The molecule has 1 saturated carbocycles. The molecule has 2 fully saturated rings. The monoisotopic (exact) mass is 353 g/mol. The lowest BCUT2D eigenvalue weighted by molar-refractivity contribution is 0.0497. The average Bonchev–Trinajstić information content (AvgIpc) is 3.10. The average molecular weight is 354 g/mol. The van der Waals surface area contributed by atoms with E-state index in [-0.39, 0.29) is 5.75 Å². The molecular formula is C18H31N3O2S. The Bertz CT molecular complexity index is 594. The first-order valence-corrected chi connectivity index (χ1v) is 11.0. The van der Waals surface area contributed by atoms with Gasteiger partial charge in [0, 0.05) is 25.5 Å². The first-order valence-electron chi connectivity index (χ1n) is 9.32. The molecule has 6 heteroatoms. The molecule has 136 valence electrons. The molecule has 0 radical (unpaired) electrons. The van der Waals surface area contributed by atoms with Crippen molar-refractivity contribution < 1.29 is 8.42 Å². The van der Waals surface area contributed by atoms with E-state index in [2.05, 4.69) is 26.9 Å². The molecule has 0 unspecified atom stereocenters. The van der Waals surface area contributed by atoms with Crippen LogP contribution in [-0.2, 0) is 16.6 Å². The molecule has 2 aliphatic rings. The van der Waals surface area contributed by atoms with Crippen LogP contribution in [0.15, 0.2) is 18.5 Å². The van der Waals surface area contributed by atoms with E-state index in [9.17, 15) is 8.42 Å². The molecule has 5 nitrogen and oxygen atoms in total. The summed E-state index contributed by atoms with van der Waals surface area (Å²) in [5, 5.41) is 0. The van der Waals surface area contributed by atoms with E-state index in [1.165, 1.54) is 57.2 Å². The van der Waals surface area contributed by atoms with E-state index in [1.54, 1.807) is 6.92 Å². The Labute approximate surface area is 146 Å². The molecule has 0 atom stereocenters. The molecule has 1 aromatic rings. The van der Waals surface area contributed by atoms with Crippen molar-refractivity contribution in [2.45, 2.75) is 52.0 Å². The molecule has 24 heavy (non-hydrogen) atoms. The van der Waals surface area contributed by atoms with Crippen molar-refractivity contribution in [2.75, 3.05) is 25.4 Å². The zero-order valence-electron chi connectivity index (χ0n) is 14.8. The van der Waals surface area contributed by atoms with E-state index in [0.29, 0.717) is 17.9 Å². The SMILES string of the molecule is CCS(=O)(=O)NCC1CCC2(CC1)CCN(Cc1cc[nH]c1)CC2. The Morgan fingerprint density at radius 3 is 2.54 bits per heavy atom. The van der Waals surface area contributed by atoms with E-state index in [4.69, 9.17) is 0 Å². The number of nitrogens with zero attached hydrogens (tertiary/aromatic N) is 1. The summed E-state index contributed by atoms with van der Waals surface area (Å²) in [6.45, 7) is 5.77. The van der Waals surface area contributed by atoms with Crippen LogP contribution in [0.4, 0.5) is 0 Å². The van der Waals surface area contributed by atoms with Crippen molar-refractivity contribution in [3.05, 3.63) is 24.0 Å². The highest BCUT2D eigenvalue weighted by molar-refractivity contribution is 7.89. The number of piperidine rings is 1. The van der Waals surface area contributed by atoms with Crippen LogP contribution < -0.4 is 4.72 Å². The lowest BCUT2D eigenvalue weighted by atomic mass is 9.65. The van der Waals surface area contributed by atoms with Gasteiger partial charge in [-0.2, -0.15) is 0 Å². The Balaban J connectivity index is 1.42. The predicted octanol–water partition coefficient (Wildman–Crippen LogP) is 2.73. The molecule has 2 heterocycles. The van der Waals surface area contributed by atoms with Gasteiger partial charge in [0.05, 0.1) is 5.75 Å². The van der Waals surface area contributed by atoms with Gasteiger partial charge in [-0.15, -0.1) is 0 Å². The maximum atomic E-state index is 11.6. The molecule has 3 rings (SSSR count). The molecule has 0 bridgehead atoms. The second-order valence-electron chi connectivity index (χ2n) is 7.69. The number of aromatic nitrogens is 1. The molecule has 1 spiro atoms. The Kier molecular flexibility index (Phi) is 5.67. The first kappa shape index (κ1) is 18.0. The van der Waals surface area contributed by atoms with E-state index in [0.717, 1.165) is 6.54 Å². The third kappa shape index (κ3) is 4.61. The molecular weight excluding hydrogens is 322 g/mol. The van der Waals surface area contributed by atoms with Gasteiger partial charge in [0.15, 0.2) is 0 Å². The van der Waals surface area contributed by atoms with Gasteiger partial charge in [-0.05, 0) is 81.5 Å². The van der Waals surface area contributed by atoms with E-state index < -0.39 is 10.0 Å². The second kappa shape index (κ2) is 7.58. The van der Waals surface area contributed by atoms with Crippen LogP contribution in [0.3, 0.4) is 0 Å². The maximum absolute atomic E-state index is 11.6. The summed E-state index contributed by atoms with van der Waals surface area (Å²) in [7, 11) is -3.04. The van der Waals surface area contributed by atoms with Crippen molar-refractivity contribution in [1.29, 1.82) is 0 Å². The number of nitrogens with one attached hydrogen (secondary N) is 2. The summed E-state index contributed by atoms with van der Waals surface area (Å²) < 4.78 is 25.9. The highest BCUT2D eigenvalue weighted by atomic mass is 32.2. The number of rotatable bonds is 6. The number of hydrogen-bond acceptors (Lipinski definition) is 3. The zero-order valence-corrected chi connectivity index (χ0v) is 15.6. The largest absolute Gasteiger partial charge is 0.367 e. The lowest BCUT2D eigenvalue weighted by Crippen LogP contribution is -2.42. The minimum Gasteiger partial charge on any atom is -0.367 e. The van der Waals surface area contributed by atoms with Gasteiger partial charge in [-0.25, -0.2) is 13.1 Å². The van der Waals surface area contributed by atoms with Crippen LogP contribution in [0.2, 0.25) is 0 Å². The molecule has 0 aromatic carbocycles. The predicted molar refractivity (Wildman–Crippen MR) is 97.2 cm³/mol. The fourth-order valence-corrected chi connectivity index (χ4v) is 4.94. The Hall–Kier alpha value is -0.850. The van der Waals surface area contributed by atoms with Gasteiger partial charge in [-0.3, -0.25) is 4.90 Å². The highest BCUT2D eigenvalue weighted by Gasteiger charge is 2.38. The van der Waals surface area contributed by atoms with Gasteiger partial charge in [0.2, 0.25) is 10.0 Å². The smallest absolute Gasteiger partial charge is 0.211 e. The van der Waals surface area contributed by atoms with E-state index >= 15 is 0 Å². The van der Waals surface area contributed by atoms with Crippen LogP contribution in [0.25, 0.3) is 0 Å². The van der Waals surface area contributed by atoms with Crippen LogP contribution in [0.5, 0.6) is 0 Å². The normalized spacial score (nSPS) is 22.9. The zero-order chi connectivity index (χ0) is 17.0. The van der Waals surface area contributed by atoms with Crippen LogP contribution >= 0.6 is 0 Å². The minimum absolute atomic E-state index is 0.181. The van der Waals surface area contributed by atoms with Crippen molar-refractivity contribution in [2.24, 2.45) is 11.3 Å². The number of hydrogen-bond donors (Lipinski definition) is 2. The lowest BCUT2D eigenvalue weighted by Gasteiger charge is -2.46. The number of sulfonamides is 1. The number of H-pyrrole nitrogens is 1. The summed E-state index contributed by atoms with van der Waals surface area (Å²) in [5.74, 6) is 0.704. The summed E-state index contributed by atoms with van der Waals surface area (Å²) >= 11 is 0. The number of aromatic amines is 1. The Morgan fingerprint density at radius 1 is 1.25 bits per heavy atom. The second-order valence-corrected chi connectivity index (χ2v) is 9.79. The third-order valence-corrected chi connectivity index (χ3v) is 7.49. The maximum Gasteiger partial charge on any atom is 0.211 e. The topological polar surface area (TPSA) is 65.2 Å². The van der Waals surface area contributed by atoms with Crippen LogP contribution in [-0.4, -0.2) is 43.7 Å². The third-order valence-electron chi connectivity index (χ3n) is 6.12. The molecule has 1 saturated heterocycles. The van der Waals surface area contributed by atoms with Gasteiger partial charge in [-0.1, -0.05) is 0 Å². The summed E-state index contributed by atoms with van der Waals surface area (Å²) in [6.07, 6.45) is 11.6. The minimum atomic E-state index is -3.04. The summed E-state index contributed by atoms with van der Waals surface area (Å²) in [4.78, 5) is 5.70. The fourth-order valence-electron chi connectivity index (χ4n) is 4.24. The number of likely N-dealkylation sites (tertiary alicyclic amines) is 1. The molecule has 2 N–H and O–H groups in total. The van der Waals surface area contributed by atoms with Gasteiger partial charge in [0.1, 0.15) is 0 Å². The molecule has 1 aromatic heterocycles. The van der Waals surface area contributed by atoms with Crippen molar-refractivity contribution >= 4 is 10.0 Å². The summed E-state index contributed by atoms with van der Waals surface area (Å²) in [5.41, 5.74) is 1.90. The van der Waals surface area contributed by atoms with Crippen LogP contribution in [0.1, 0.15) is 51.0 Å². The van der Waals surface area contributed by atoms with E-state index in [1.807, 2.05) is 6.20 Å². The summed E-state index contributed by atoms with van der Waals surface area (Å²) in [6, 6.07) is 2.16. The highest BCUT2D eigenvalue weighted by Crippen LogP contribution is 2.46. The fraction of sp³-hybridized carbons (Fsp3) is 0.778. The molecule has 1 aliphatic heterocycles. The molecule has 1 aliphatic carbocycles. The Morgan fingerprint density at radius 2 is 1.96 bits per heavy atom. The molecule has 0 amide bonds. The van der Waals surface area contributed by atoms with Gasteiger partial charge < -0.3 is 4.98 Å². The van der Waals surface area contributed by atoms with Gasteiger partial charge in [0.25, 0.3) is 0 Å². The standard InChI is InChI=1S/C18H31N3O2S/c1-2-24(22,23)20-14-16-3-6-18(7-4-16)8-11-21(12-9-18)15-17-5-10-19-13-17/h5,10,13,16,19-20H,2-4,6-9,11-12,14-15H2,1H3. The first-order chi connectivity index (χ1) is 11.5.